The van der Waals surface area contributed by atoms with Crippen molar-refractivity contribution in [3.8, 4) is 5.75 Å². The van der Waals surface area contributed by atoms with E-state index in [4.69, 9.17) is 4.74 Å². The molecule has 1 atom stereocenters. The average molecular weight is 381 g/mol. The monoisotopic (exact) mass is 381 g/mol. The summed E-state index contributed by atoms with van der Waals surface area (Å²) in [5.74, 6) is 0.648. The van der Waals surface area contributed by atoms with Crippen molar-refractivity contribution in [3.05, 3.63) is 95.6 Å². The molecule has 0 aliphatic carbocycles. The lowest BCUT2D eigenvalue weighted by Crippen LogP contribution is -2.30. The van der Waals surface area contributed by atoms with Gasteiger partial charge in [-0.2, -0.15) is 4.72 Å². The molecule has 0 fully saturated rings. The number of aryl methyl sites for hydroxylation is 1. The SMILES string of the molecule is CCOc1ccc(S(=O)(=O)NC(c2ccccc2)c2ccccc2C)cc1. The Morgan fingerprint density at radius 3 is 2.15 bits per heavy atom. The first kappa shape index (κ1) is 19.1. The minimum Gasteiger partial charge on any atom is -0.494 e. The van der Waals surface area contributed by atoms with E-state index in [1.54, 1.807) is 24.3 Å². The summed E-state index contributed by atoms with van der Waals surface area (Å²) in [4.78, 5) is 0.209. The van der Waals surface area contributed by atoms with E-state index in [9.17, 15) is 8.42 Å². The highest BCUT2D eigenvalue weighted by Gasteiger charge is 2.24. The maximum atomic E-state index is 13.0. The fraction of sp³-hybridized carbons (Fsp3) is 0.182. The van der Waals surface area contributed by atoms with Gasteiger partial charge in [-0.25, -0.2) is 8.42 Å². The third kappa shape index (κ3) is 4.56. The number of hydrogen-bond acceptors (Lipinski definition) is 3. The van der Waals surface area contributed by atoms with Crippen LogP contribution in [0.4, 0.5) is 0 Å². The van der Waals surface area contributed by atoms with Gasteiger partial charge in [0, 0.05) is 0 Å². The molecule has 0 aromatic heterocycles. The van der Waals surface area contributed by atoms with Crippen LogP contribution < -0.4 is 9.46 Å². The summed E-state index contributed by atoms with van der Waals surface area (Å²) in [6, 6.07) is 23.4. The van der Waals surface area contributed by atoms with Gasteiger partial charge in [0.2, 0.25) is 10.0 Å². The van der Waals surface area contributed by atoms with Crippen molar-refractivity contribution in [2.24, 2.45) is 0 Å². The lowest BCUT2D eigenvalue weighted by Gasteiger charge is -2.21. The standard InChI is InChI=1S/C22H23NO3S/c1-3-26-19-13-15-20(16-14-19)27(24,25)23-22(18-10-5-4-6-11-18)21-12-8-7-9-17(21)2/h4-16,22-23H,3H2,1-2H3. The topological polar surface area (TPSA) is 55.4 Å². The van der Waals surface area contributed by atoms with E-state index < -0.39 is 16.1 Å². The predicted molar refractivity (Wildman–Crippen MR) is 107 cm³/mol. The number of benzene rings is 3. The molecule has 4 nitrogen and oxygen atoms in total. The number of ether oxygens (including phenoxy) is 1. The summed E-state index contributed by atoms with van der Waals surface area (Å²) in [5, 5.41) is 0. The highest BCUT2D eigenvalue weighted by atomic mass is 32.2. The molecule has 0 saturated heterocycles. The highest BCUT2D eigenvalue weighted by Crippen LogP contribution is 2.27. The van der Waals surface area contributed by atoms with Gasteiger partial charge in [-0.15, -0.1) is 0 Å². The van der Waals surface area contributed by atoms with E-state index in [1.165, 1.54) is 0 Å². The van der Waals surface area contributed by atoms with Gasteiger partial charge in [0.25, 0.3) is 0 Å². The Bertz CT molecular complexity index is 984. The molecule has 3 aromatic carbocycles. The van der Waals surface area contributed by atoms with Crippen LogP contribution in [0.3, 0.4) is 0 Å². The second-order valence-corrected chi connectivity index (χ2v) is 7.94. The molecule has 0 bridgehead atoms. The fourth-order valence-corrected chi connectivity index (χ4v) is 4.18. The molecule has 0 aliphatic rings. The first-order valence-corrected chi connectivity index (χ1v) is 10.4. The Morgan fingerprint density at radius 2 is 1.52 bits per heavy atom. The Hall–Kier alpha value is -2.63. The Kier molecular flexibility index (Phi) is 5.94. The van der Waals surface area contributed by atoms with Crippen molar-refractivity contribution >= 4 is 10.0 Å². The molecule has 3 aromatic rings. The molecule has 3 rings (SSSR count). The highest BCUT2D eigenvalue weighted by molar-refractivity contribution is 7.89. The van der Waals surface area contributed by atoms with Crippen molar-refractivity contribution in [1.29, 1.82) is 0 Å². The summed E-state index contributed by atoms with van der Waals surface area (Å²) < 4.78 is 34.3. The molecule has 1 N–H and O–H groups in total. The molecule has 0 amide bonds. The van der Waals surface area contributed by atoms with Gasteiger partial charge in [0.05, 0.1) is 17.5 Å². The van der Waals surface area contributed by atoms with Crippen LogP contribution in [0, 0.1) is 6.92 Å². The molecular formula is C22H23NO3S. The van der Waals surface area contributed by atoms with Crippen LogP contribution in [0.2, 0.25) is 0 Å². The summed E-state index contributed by atoms with van der Waals surface area (Å²) in [6.07, 6.45) is 0. The van der Waals surface area contributed by atoms with E-state index in [0.717, 1.165) is 16.7 Å². The largest absolute Gasteiger partial charge is 0.494 e. The number of sulfonamides is 1. The van der Waals surface area contributed by atoms with E-state index in [1.807, 2.05) is 68.4 Å². The number of rotatable bonds is 7. The first-order chi connectivity index (χ1) is 13.0. The normalized spacial score (nSPS) is 12.5. The van der Waals surface area contributed by atoms with Crippen LogP contribution in [0.25, 0.3) is 0 Å². The molecular weight excluding hydrogens is 358 g/mol. The molecule has 0 aliphatic heterocycles. The zero-order valence-corrected chi connectivity index (χ0v) is 16.2. The van der Waals surface area contributed by atoms with Crippen molar-refractivity contribution in [2.45, 2.75) is 24.8 Å². The summed E-state index contributed by atoms with van der Waals surface area (Å²) in [7, 11) is -3.71. The number of nitrogens with one attached hydrogen (secondary N) is 1. The maximum absolute atomic E-state index is 13.0. The molecule has 5 heteroatoms. The van der Waals surface area contributed by atoms with Gasteiger partial charge in [-0.05, 0) is 54.8 Å². The minimum absolute atomic E-state index is 0.209. The molecule has 0 radical (unpaired) electrons. The van der Waals surface area contributed by atoms with Gasteiger partial charge < -0.3 is 4.74 Å². The van der Waals surface area contributed by atoms with Crippen LogP contribution in [0.1, 0.15) is 29.7 Å². The minimum atomic E-state index is -3.71. The molecule has 27 heavy (non-hydrogen) atoms. The molecule has 0 saturated carbocycles. The Balaban J connectivity index is 1.97. The van der Waals surface area contributed by atoms with Gasteiger partial charge in [-0.3, -0.25) is 0 Å². The summed E-state index contributed by atoms with van der Waals surface area (Å²) in [5.41, 5.74) is 2.85. The predicted octanol–water partition coefficient (Wildman–Crippen LogP) is 4.46. The quantitative estimate of drug-likeness (QED) is 0.657. The van der Waals surface area contributed by atoms with Gasteiger partial charge in [0.15, 0.2) is 0 Å². The van der Waals surface area contributed by atoms with Crippen molar-refractivity contribution in [2.75, 3.05) is 6.61 Å². The molecule has 1 unspecified atom stereocenters. The molecule has 0 heterocycles. The third-order valence-electron chi connectivity index (χ3n) is 4.35. The Labute approximate surface area is 160 Å². The van der Waals surface area contributed by atoms with Crippen LogP contribution in [-0.2, 0) is 10.0 Å². The lowest BCUT2D eigenvalue weighted by atomic mass is 9.96. The molecule has 140 valence electrons. The summed E-state index contributed by atoms with van der Waals surface area (Å²) in [6.45, 7) is 4.41. The first-order valence-electron chi connectivity index (χ1n) is 8.87. The van der Waals surface area contributed by atoms with Gasteiger partial charge in [0.1, 0.15) is 5.75 Å². The van der Waals surface area contributed by atoms with Crippen LogP contribution >= 0.6 is 0 Å². The van der Waals surface area contributed by atoms with Crippen LogP contribution in [0.15, 0.2) is 83.8 Å². The van der Waals surface area contributed by atoms with Crippen molar-refractivity contribution in [3.63, 3.8) is 0 Å². The maximum Gasteiger partial charge on any atom is 0.241 e. The average Bonchev–Trinajstić information content (AvgIpc) is 2.68. The van der Waals surface area contributed by atoms with Crippen LogP contribution in [-0.4, -0.2) is 15.0 Å². The zero-order valence-electron chi connectivity index (χ0n) is 15.4. The number of hydrogen-bond donors (Lipinski definition) is 1. The summed E-state index contributed by atoms with van der Waals surface area (Å²) >= 11 is 0. The van der Waals surface area contributed by atoms with Gasteiger partial charge in [-0.1, -0.05) is 54.6 Å². The van der Waals surface area contributed by atoms with E-state index in [2.05, 4.69) is 4.72 Å². The third-order valence-corrected chi connectivity index (χ3v) is 5.79. The van der Waals surface area contributed by atoms with E-state index >= 15 is 0 Å². The Morgan fingerprint density at radius 1 is 0.889 bits per heavy atom. The van der Waals surface area contributed by atoms with E-state index in [0.29, 0.717) is 12.4 Å². The van der Waals surface area contributed by atoms with Gasteiger partial charge >= 0.3 is 0 Å². The second kappa shape index (κ2) is 8.37. The van der Waals surface area contributed by atoms with Crippen molar-refractivity contribution in [1.82, 2.24) is 4.72 Å². The van der Waals surface area contributed by atoms with E-state index in [-0.39, 0.29) is 4.90 Å². The zero-order chi connectivity index (χ0) is 19.3. The lowest BCUT2D eigenvalue weighted by molar-refractivity contribution is 0.340. The molecule has 0 spiro atoms. The fourth-order valence-electron chi connectivity index (χ4n) is 2.97. The smallest absolute Gasteiger partial charge is 0.241 e. The second-order valence-electron chi connectivity index (χ2n) is 6.23. The van der Waals surface area contributed by atoms with Crippen LogP contribution in [0.5, 0.6) is 5.75 Å². The van der Waals surface area contributed by atoms with Crippen molar-refractivity contribution < 1.29 is 13.2 Å².